The SMILES string of the molecule is CCOC(=O)c1ccc(OCc2ccccc2)c(C2OCCO2)c1. The zero-order valence-electron chi connectivity index (χ0n) is 13.6. The van der Waals surface area contributed by atoms with Gasteiger partial charge < -0.3 is 18.9 Å². The van der Waals surface area contributed by atoms with Crippen LogP contribution in [-0.4, -0.2) is 25.8 Å². The molecule has 0 N–H and O–H groups in total. The van der Waals surface area contributed by atoms with Crippen molar-refractivity contribution in [1.29, 1.82) is 0 Å². The van der Waals surface area contributed by atoms with E-state index in [-0.39, 0.29) is 5.97 Å². The Labute approximate surface area is 141 Å². The summed E-state index contributed by atoms with van der Waals surface area (Å²) in [4.78, 5) is 12.0. The molecule has 5 heteroatoms. The van der Waals surface area contributed by atoms with Crippen LogP contribution in [0.2, 0.25) is 0 Å². The maximum Gasteiger partial charge on any atom is 0.338 e. The zero-order chi connectivity index (χ0) is 16.8. The van der Waals surface area contributed by atoms with Gasteiger partial charge in [-0.3, -0.25) is 0 Å². The average Bonchev–Trinajstić information content (AvgIpc) is 3.15. The summed E-state index contributed by atoms with van der Waals surface area (Å²) in [5.41, 5.74) is 2.22. The van der Waals surface area contributed by atoms with Crippen LogP contribution in [-0.2, 0) is 20.8 Å². The highest BCUT2D eigenvalue weighted by Gasteiger charge is 2.24. The van der Waals surface area contributed by atoms with Crippen LogP contribution in [0.4, 0.5) is 0 Å². The normalized spacial score (nSPS) is 14.5. The number of carbonyl (C=O) groups excluding carboxylic acids is 1. The molecule has 2 aromatic carbocycles. The van der Waals surface area contributed by atoms with Crippen molar-refractivity contribution in [2.45, 2.75) is 19.8 Å². The number of hydrogen-bond acceptors (Lipinski definition) is 5. The fraction of sp³-hybridized carbons (Fsp3) is 0.316. The van der Waals surface area contributed by atoms with Gasteiger partial charge in [0.1, 0.15) is 12.4 Å². The van der Waals surface area contributed by atoms with Crippen molar-refractivity contribution in [3.05, 3.63) is 65.2 Å². The molecule has 1 fully saturated rings. The molecule has 2 aromatic rings. The molecule has 5 nitrogen and oxygen atoms in total. The lowest BCUT2D eigenvalue weighted by Gasteiger charge is -2.16. The van der Waals surface area contributed by atoms with Crippen LogP contribution in [0, 0.1) is 0 Å². The number of rotatable bonds is 6. The second-order valence-corrected chi connectivity index (χ2v) is 5.32. The number of ether oxygens (including phenoxy) is 4. The van der Waals surface area contributed by atoms with Crippen LogP contribution in [0.25, 0.3) is 0 Å². The van der Waals surface area contributed by atoms with Gasteiger partial charge in [0, 0.05) is 0 Å². The predicted octanol–water partition coefficient (Wildman–Crippen LogP) is 3.49. The monoisotopic (exact) mass is 328 g/mol. The Morgan fingerprint density at radius 3 is 2.58 bits per heavy atom. The van der Waals surface area contributed by atoms with E-state index in [9.17, 15) is 4.79 Å². The Hall–Kier alpha value is -2.37. The molecule has 1 heterocycles. The van der Waals surface area contributed by atoms with E-state index in [0.717, 1.165) is 5.56 Å². The lowest BCUT2D eigenvalue weighted by molar-refractivity contribution is -0.0459. The largest absolute Gasteiger partial charge is 0.488 e. The maximum atomic E-state index is 12.0. The standard InChI is InChI=1S/C19H20O5/c1-2-21-18(20)15-8-9-17(16(12-15)19-22-10-11-23-19)24-13-14-6-4-3-5-7-14/h3-9,12,19H,2,10-11,13H2,1H3. The van der Waals surface area contributed by atoms with Crippen LogP contribution in [0.3, 0.4) is 0 Å². The lowest BCUT2D eigenvalue weighted by Crippen LogP contribution is -2.09. The van der Waals surface area contributed by atoms with Gasteiger partial charge in [0.15, 0.2) is 6.29 Å². The van der Waals surface area contributed by atoms with E-state index >= 15 is 0 Å². The first-order valence-corrected chi connectivity index (χ1v) is 7.99. The van der Waals surface area contributed by atoms with E-state index in [0.29, 0.717) is 43.3 Å². The van der Waals surface area contributed by atoms with E-state index in [4.69, 9.17) is 18.9 Å². The number of carbonyl (C=O) groups is 1. The van der Waals surface area contributed by atoms with Crippen molar-refractivity contribution in [2.75, 3.05) is 19.8 Å². The van der Waals surface area contributed by atoms with Gasteiger partial charge >= 0.3 is 5.97 Å². The molecule has 0 amide bonds. The quantitative estimate of drug-likeness (QED) is 0.760. The van der Waals surface area contributed by atoms with Gasteiger partial charge in [0.2, 0.25) is 0 Å². The third kappa shape index (κ3) is 3.93. The lowest BCUT2D eigenvalue weighted by atomic mass is 10.1. The smallest absolute Gasteiger partial charge is 0.338 e. The summed E-state index contributed by atoms with van der Waals surface area (Å²) in [6, 6.07) is 15.0. The fourth-order valence-electron chi connectivity index (χ4n) is 2.48. The Morgan fingerprint density at radius 2 is 1.88 bits per heavy atom. The van der Waals surface area contributed by atoms with Gasteiger partial charge in [-0.1, -0.05) is 30.3 Å². The van der Waals surface area contributed by atoms with Gasteiger partial charge in [-0.05, 0) is 30.7 Å². The molecule has 126 valence electrons. The molecule has 0 saturated carbocycles. The van der Waals surface area contributed by atoms with Gasteiger partial charge in [0.05, 0.1) is 30.9 Å². The summed E-state index contributed by atoms with van der Waals surface area (Å²) >= 11 is 0. The highest BCUT2D eigenvalue weighted by molar-refractivity contribution is 5.89. The Kier molecular flexibility index (Phi) is 5.46. The summed E-state index contributed by atoms with van der Waals surface area (Å²) < 4.78 is 22.1. The molecular formula is C19H20O5. The molecular weight excluding hydrogens is 308 g/mol. The average molecular weight is 328 g/mol. The van der Waals surface area contributed by atoms with E-state index in [1.165, 1.54) is 0 Å². The summed E-state index contributed by atoms with van der Waals surface area (Å²) in [6.45, 7) is 3.58. The molecule has 3 rings (SSSR count). The van der Waals surface area contributed by atoms with E-state index in [1.807, 2.05) is 30.3 Å². The molecule has 1 aliphatic heterocycles. The molecule has 0 aliphatic carbocycles. The molecule has 0 bridgehead atoms. The van der Waals surface area contributed by atoms with E-state index in [2.05, 4.69) is 0 Å². The summed E-state index contributed by atoms with van der Waals surface area (Å²) in [6.07, 6.45) is -0.523. The fourth-order valence-corrected chi connectivity index (χ4v) is 2.48. The Bertz CT molecular complexity index is 677. The van der Waals surface area contributed by atoms with Gasteiger partial charge in [-0.15, -0.1) is 0 Å². The van der Waals surface area contributed by atoms with Crippen LogP contribution in [0.15, 0.2) is 48.5 Å². The first-order chi connectivity index (χ1) is 11.8. The summed E-state index contributed by atoms with van der Waals surface area (Å²) in [5.74, 6) is 0.269. The van der Waals surface area contributed by atoms with Crippen molar-refractivity contribution < 1.29 is 23.7 Å². The van der Waals surface area contributed by atoms with E-state index in [1.54, 1.807) is 25.1 Å². The minimum Gasteiger partial charge on any atom is -0.488 e. The predicted molar refractivity (Wildman–Crippen MR) is 87.8 cm³/mol. The molecule has 0 unspecified atom stereocenters. The second kappa shape index (κ2) is 7.95. The number of esters is 1. The number of benzene rings is 2. The zero-order valence-corrected chi connectivity index (χ0v) is 13.6. The second-order valence-electron chi connectivity index (χ2n) is 5.32. The molecule has 1 saturated heterocycles. The number of hydrogen-bond donors (Lipinski definition) is 0. The molecule has 0 spiro atoms. The minimum absolute atomic E-state index is 0.330. The van der Waals surface area contributed by atoms with Crippen molar-refractivity contribution in [2.24, 2.45) is 0 Å². The third-order valence-electron chi connectivity index (χ3n) is 3.63. The molecule has 0 aromatic heterocycles. The Morgan fingerprint density at radius 1 is 1.12 bits per heavy atom. The Balaban J connectivity index is 1.82. The van der Waals surface area contributed by atoms with Crippen LogP contribution < -0.4 is 4.74 Å². The van der Waals surface area contributed by atoms with Crippen molar-refractivity contribution in [1.82, 2.24) is 0 Å². The first-order valence-electron chi connectivity index (χ1n) is 7.99. The van der Waals surface area contributed by atoms with Crippen LogP contribution in [0.1, 0.15) is 34.7 Å². The van der Waals surface area contributed by atoms with E-state index < -0.39 is 6.29 Å². The molecule has 0 atom stereocenters. The van der Waals surface area contributed by atoms with Crippen LogP contribution in [0.5, 0.6) is 5.75 Å². The van der Waals surface area contributed by atoms with Crippen molar-refractivity contribution in [3.63, 3.8) is 0 Å². The first kappa shape index (κ1) is 16.5. The topological polar surface area (TPSA) is 54.0 Å². The molecule has 24 heavy (non-hydrogen) atoms. The van der Waals surface area contributed by atoms with Gasteiger partial charge in [-0.2, -0.15) is 0 Å². The minimum atomic E-state index is -0.523. The highest BCUT2D eigenvalue weighted by Crippen LogP contribution is 2.33. The molecule has 0 radical (unpaired) electrons. The van der Waals surface area contributed by atoms with Crippen LogP contribution >= 0.6 is 0 Å². The summed E-state index contributed by atoms with van der Waals surface area (Å²) in [5, 5.41) is 0. The van der Waals surface area contributed by atoms with Crippen molar-refractivity contribution >= 4 is 5.97 Å². The van der Waals surface area contributed by atoms with Crippen molar-refractivity contribution in [3.8, 4) is 5.75 Å². The summed E-state index contributed by atoms with van der Waals surface area (Å²) in [7, 11) is 0. The highest BCUT2D eigenvalue weighted by atomic mass is 16.7. The molecule has 1 aliphatic rings. The third-order valence-corrected chi connectivity index (χ3v) is 3.63. The van der Waals surface area contributed by atoms with Gasteiger partial charge in [-0.25, -0.2) is 4.79 Å². The van der Waals surface area contributed by atoms with Gasteiger partial charge in [0.25, 0.3) is 0 Å². The maximum absolute atomic E-state index is 12.0.